The highest BCUT2D eigenvalue weighted by Crippen LogP contribution is 2.31. The van der Waals surface area contributed by atoms with Crippen molar-refractivity contribution < 1.29 is 4.74 Å². The van der Waals surface area contributed by atoms with Crippen LogP contribution in [0.4, 0.5) is 0 Å². The third kappa shape index (κ3) is 2.16. The molecule has 3 nitrogen and oxygen atoms in total. The number of piperidine rings is 1. The van der Waals surface area contributed by atoms with Gasteiger partial charge in [-0.3, -0.25) is 4.90 Å². The lowest BCUT2D eigenvalue weighted by molar-refractivity contribution is -0.0147. The van der Waals surface area contributed by atoms with Crippen molar-refractivity contribution in [1.82, 2.24) is 4.90 Å². The van der Waals surface area contributed by atoms with Crippen molar-refractivity contribution in [2.24, 2.45) is 5.92 Å². The maximum atomic E-state index is 9.43. The Morgan fingerprint density at radius 2 is 2.13 bits per heavy atom. The van der Waals surface area contributed by atoms with Gasteiger partial charge in [-0.05, 0) is 25.3 Å². The average molecular weight is 208 g/mol. The lowest BCUT2D eigenvalue weighted by Crippen LogP contribution is -2.54. The maximum Gasteiger partial charge on any atom is 0.113 e. The highest BCUT2D eigenvalue weighted by Gasteiger charge is 2.40. The number of hydrogen-bond donors (Lipinski definition) is 0. The van der Waals surface area contributed by atoms with E-state index in [2.05, 4.69) is 17.9 Å². The number of likely N-dealkylation sites (tertiary alicyclic amines) is 1. The molecule has 0 saturated carbocycles. The lowest BCUT2D eigenvalue weighted by atomic mass is 9.86. The number of ether oxygens (including phenoxy) is 1. The number of rotatable bonds is 1. The number of nitrogens with zero attached hydrogens (tertiary/aromatic N) is 2. The predicted molar refractivity (Wildman–Crippen MR) is 58.4 cm³/mol. The first-order chi connectivity index (χ1) is 7.27. The molecule has 0 aromatic carbocycles. The fourth-order valence-corrected chi connectivity index (χ4v) is 2.79. The summed E-state index contributed by atoms with van der Waals surface area (Å²) >= 11 is 0. The van der Waals surface area contributed by atoms with Crippen LogP contribution in [0, 0.1) is 17.2 Å². The van der Waals surface area contributed by atoms with E-state index in [0.717, 1.165) is 45.1 Å². The lowest BCUT2D eigenvalue weighted by Gasteiger charge is -2.44. The van der Waals surface area contributed by atoms with Crippen molar-refractivity contribution in [2.45, 2.75) is 38.1 Å². The van der Waals surface area contributed by atoms with Gasteiger partial charge in [0.15, 0.2) is 0 Å². The van der Waals surface area contributed by atoms with Crippen molar-refractivity contribution in [3.8, 4) is 6.07 Å². The Kier molecular flexibility index (Phi) is 3.28. The molecule has 0 N–H and O–H groups in total. The number of hydrogen-bond acceptors (Lipinski definition) is 3. The van der Waals surface area contributed by atoms with E-state index in [1.807, 2.05) is 0 Å². The zero-order chi connectivity index (χ0) is 10.7. The fraction of sp³-hybridized carbons (Fsp3) is 0.917. The molecule has 0 bridgehead atoms. The quantitative estimate of drug-likeness (QED) is 0.659. The first-order valence-corrected chi connectivity index (χ1v) is 6.01. The molecule has 2 aliphatic rings. The van der Waals surface area contributed by atoms with Crippen molar-refractivity contribution in [2.75, 3.05) is 26.3 Å². The van der Waals surface area contributed by atoms with Crippen molar-refractivity contribution in [3.05, 3.63) is 0 Å². The maximum absolute atomic E-state index is 9.43. The second kappa shape index (κ2) is 4.51. The Balaban J connectivity index is 2.07. The minimum absolute atomic E-state index is 0.215. The molecule has 0 aliphatic carbocycles. The van der Waals surface area contributed by atoms with Crippen LogP contribution >= 0.6 is 0 Å². The predicted octanol–water partition coefficient (Wildman–Crippen LogP) is 1.79. The Morgan fingerprint density at radius 1 is 1.40 bits per heavy atom. The highest BCUT2D eigenvalue weighted by molar-refractivity contribution is 5.10. The van der Waals surface area contributed by atoms with Gasteiger partial charge in [-0.15, -0.1) is 0 Å². The third-order valence-electron chi connectivity index (χ3n) is 3.79. The van der Waals surface area contributed by atoms with E-state index in [1.165, 1.54) is 12.8 Å². The molecular weight excluding hydrogens is 188 g/mol. The summed E-state index contributed by atoms with van der Waals surface area (Å²) in [6.45, 7) is 5.97. The van der Waals surface area contributed by atoms with E-state index in [9.17, 15) is 5.26 Å². The van der Waals surface area contributed by atoms with Gasteiger partial charge in [0.1, 0.15) is 5.54 Å². The minimum Gasteiger partial charge on any atom is -0.381 e. The number of nitriles is 1. The van der Waals surface area contributed by atoms with Crippen molar-refractivity contribution in [3.63, 3.8) is 0 Å². The molecule has 84 valence electrons. The van der Waals surface area contributed by atoms with Gasteiger partial charge in [-0.25, -0.2) is 0 Å². The van der Waals surface area contributed by atoms with Gasteiger partial charge >= 0.3 is 0 Å². The van der Waals surface area contributed by atoms with E-state index < -0.39 is 0 Å². The van der Waals surface area contributed by atoms with E-state index in [4.69, 9.17) is 4.74 Å². The summed E-state index contributed by atoms with van der Waals surface area (Å²) in [5.41, 5.74) is -0.215. The van der Waals surface area contributed by atoms with E-state index >= 15 is 0 Å². The van der Waals surface area contributed by atoms with Crippen LogP contribution in [0.25, 0.3) is 0 Å². The zero-order valence-corrected chi connectivity index (χ0v) is 9.54. The molecule has 15 heavy (non-hydrogen) atoms. The normalized spacial score (nSPS) is 32.1. The van der Waals surface area contributed by atoms with Crippen molar-refractivity contribution in [1.29, 1.82) is 5.26 Å². The van der Waals surface area contributed by atoms with Gasteiger partial charge in [0.25, 0.3) is 0 Å². The van der Waals surface area contributed by atoms with E-state index in [0.29, 0.717) is 0 Å². The van der Waals surface area contributed by atoms with Gasteiger partial charge in [-0.2, -0.15) is 5.26 Å². The van der Waals surface area contributed by atoms with Gasteiger partial charge in [0.2, 0.25) is 0 Å². The van der Waals surface area contributed by atoms with Crippen LogP contribution in [0.5, 0.6) is 0 Å². The zero-order valence-electron chi connectivity index (χ0n) is 9.54. The Hall–Kier alpha value is -0.590. The molecule has 0 aromatic heterocycles. The summed E-state index contributed by atoms with van der Waals surface area (Å²) in [6, 6.07) is 2.55. The van der Waals surface area contributed by atoms with Crippen LogP contribution in [-0.4, -0.2) is 36.7 Å². The van der Waals surface area contributed by atoms with Crippen LogP contribution in [0.2, 0.25) is 0 Å². The summed E-state index contributed by atoms with van der Waals surface area (Å²) < 4.78 is 5.37. The fourth-order valence-electron chi connectivity index (χ4n) is 2.79. The van der Waals surface area contributed by atoms with Crippen LogP contribution in [0.1, 0.15) is 32.6 Å². The summed E-state index contributed by atoms with van der Waals surface area (Å²) in [4.78, 5) is 2.41. The summed E-state index contributed by atoms with van der Waals surface area (Å²) in [5.74, 6) is 0.742. The van der Waals surface area contributed by atoms with Crippen LogP contribution in [0.15, 0.2) is 0 Å². The largest absolute Gasteiger partial charge is 0.381 e. The smallest absolute Gasteiger partial charge is 0.113 e. The molecule has 0 radical (unpaired) electrons. The van der Waals surface area contributed by atoms with E-state index in [1.54, 1.807) is 0 Å². The minimum atomic E-state index is -0.215. The molecule has 0 amide bonds. The molecule has 2 fully saturated rings. The van der Waals surface area contributed by atoms with Gasteiger partial charge in [0, 0.05) is 32.6 Å². The second-order valence-electron chi connectivity index (χ2n) is 4.95. The monoisotopic (exact) mass is 208 g/mol. The van der Waals surface area contributed by atoms with Gasteiger partial charge in [-0.1, -0.05) is 6.92 Å². The first-order valence-electron chi connectivity index (χ1n) is 6.01. The van der Waals surface area contributed by atoms with Crippen LogP contribution in [0.3, 0.4) is 0 Å². The Labute approximate surface area is 92.0 Å². The highest BCUT2D eigenvalue weighted by atomic mass is 16.5. The summed E-state index contributed by atoms with van der Waals surface area (Å²) in [6.07, 6.45) is 4.33. The molecular formula is C12H20N2O. The van der Waals surface area contributed by atoms with Crippen LogP contribution < -0.4 is 0 Å². The average Bonchev–Trinajstić information content (AvgIpc) is 2.30. The van der Waals surface area contributed by atoms with Crippen LogP contribution in [-0.2, 0) is 4.74 Å². The summed E-state index contributed by atoms with van der Waals surface area (Å²) in [5, 5.41) is 9.43. The van der Waals surface area contributed by atoms with Crippen molar-refractivity contribution >= 4 is 0 Å². The molecule has 2 saturated heterocycles. The standard InChI is InChI=1S/C12H20N2O/c1-11-3-2-6-14(9-11)12(10-13)4-7-15-8-5-12/h11H,2-9H2,1H3/t11-/m1/s1. The topological polar surface area (TPSA) is 36.3 Å². The molecule has 0 aromatic rings. The Morgan fingerprint density at radius 3 is 2.73 bits per heavy atom. The molecule has 3 heteroatoms. The molecule has 1 atom stereocenters. The summed E-state index contributed by atoms with van der Waals surface area (Å²) in [7, 11) is 0. The van der Waals surface area contributed by atoms with Gasteiger partial charge in [0.05, 0.1) is 6.07 Å². The SMILES string of the molecule is C[C@@H]1CCCN(C2(C#N)CCOCC2)C1. The second-order valence-corrected chi connectivity index (χ2v) is 4.95. The molecule has 2 heterocycles. The molecule has 0 spiro atoms. The van der Waals surface area contributed by atoms with Gasteiger partial charge < -0.3 is 4.74 Å². The Bertz CT molecular complexity index is 253. The third-order valence-corrected chi connectivity index (χ3v) is 3.79. The molecule has 2 rings (SSSR count). The van der Waals surface area contributed by atoms with E-state index in [-0.39, 0.29) is 5.54 Å². The first kappa shape index (κ1) is 10.9. The molecule has 2 aliphatic heterocycles. The molecule has 0 unspecified atom stereocenters.